The van der Waals surface area contributed by atoms with Gasteiger partial charge in [-0.1, -0.05) is 12.8 Å². The summed E-state index contributed by atoms with van der Waals surface area (Å²) in [7, 11) is -7.89. The van der Waals surface area contributed by atoms with Gasteiger partial charge in [0.15, 0.2) is 9.84 Å². The molecule has 0 spiro atoms. The van der Waals surface area contributed by atoms with Crippen molar-refractivity contribution in [3.8, 4) is 11.8 Å². The molecule has 0 radical (unpaired) electrons. The van der Waals surface area contributed by atoms with Crippen molar-refractivity contribution in [2.45, 2.75) is 19.1 Å². The first-order valence-corrected chi connectivity index (χ1v) is 7.14. The van der Waals surface area contributed by atoms with E-state index in [1.165, 1.54) is 13.8 Å². The second kappa shape index (κ2) is 4.77. The van der Waals surface area contributed by atoms with Crippen LogP contribution in [0.3, 0.4) is 0 Å². The summed E-state index contributed by atoms with van der Waals surface area (Å²) in [5.41, 5.74) is 0. The molecule has 0 aromatic rings. The number of hydrogen-bond acceptors (Lipinski definition) is 4. The summed E-state index contributed by atoms with van der Waals surface area (Å²) in [5.74, 6) is 3.50. The molecule has 0 aromatic carbocycles. The molecule has 0 aliphatic rings. The maximum Gasteiger partial charge on any atom is 0.267 e. The Bertz CT molecular complexity index is 434. The molecule has 1 atom stereocenters. The minimum absolute atomic E-state index is 0.206. The van der Waals surface area contributed by atoms with E-state index >= 15 is 0 Å². The number of sulfone groups is 1. The minimum Gasteiger partial charge on any atom is -0.285 e. The predicted molar refractivity (Wildman–Crippen MR) is 53.1 cm³/mol. The van der Waals surface area contributed by atoms with Gasteiger partial charge in [0, 0.05) is 5.75 Å². The minimum atomic E-state index is -4.32. The molecule has 0 aliphatic carbocycles. The zero-order valence-electron chi connectivity index (χ0n) is 7.89. The van der Waals surface area contributed by atoms with Crippen molar-refractivity contribution in [2.75, 3.05) is 11.5 Å². The molecule has 0 saturated heterocycles. The van der Waals surface area contributed by atoms with E-state index in [-0.39, 0.29) is 5.75 Å². The predicted octanol–water partition coefficient (Wildman–Crippen LogP) is -0.299. The van der Waals surface area contributed by atoms with Crippen LogP contribution < -0.4 is 0 Å². The summed E-state index contributed by atoms with van der Waals surface area (Å²) < 4.78 is 52.1. The van der Waals surface area contributed by atoms with E-state index in [9.17, 15) is 16.8 Å². The van der Waals surface area contributed by atoms with Crippen LogP contribution in [0.5, 0.6) is 0 Å². The van der Waals surface area contributed by atoms with Crippen LogP contribution in [0.15, 0.2) is 0 Å². The van der Waals surface area contributed by atoms with Gasteiger partial charge in [-0.15, -0.1) is 5.92 Å². The van der Waals surface area contributed by atoms with Crippen molar-refractivity contribution in [2.24, 2.45) is 0 Å². The Morgan fingerprint density at radius 1 is 1.29 bits per heavy atom. The SMILES string of the molecule is CC#CC(CS(=O)(=O)O)S(=O)(=O)CC. The molecule has 0 aliphatic heterocycles. The van der Waals surface area contributed by atoms with Crippen LogP contribution in [0.4, 0.5) is 0 Å². The molecule has 5 nitrogen and oxygen atoms in total. The number of hydrogen-bond donors (Lipinski definition) is 1. The third-order valence-electron chi connectivity index (χ3n) is 1.50. The van der Waals surface area contributed by atoms with Crippen molar-refractivity contribution in [3.05, 3.63) is 0 Å². The molecule has 1 N–H and O–H groups in total. The second-order valence-corrected chi connectivity index (χ2v) is 6.55. The van der Waals surface area contributed by atoms with Gasteiger partial charge in [-0.05, 0) is 6.92 Å². The Balaban J connectivity index is 5.06. The van der Waals surface area contributed by atoms with Gasteiger partial charge < -0.3 is 0 Å². The molecular formula is C7H12O5S2. The Kier molecular flexibility index (Phi) is 4.58. The van der Waals surface area contributed by atoms with Gasteiger partial charge in [0.1, 0.15) is 11.0 Å². The summed E-state index contributed by atoms with van der Waals surface area (Å²) >= 11 is 0. The maximum atomic E-state index is 11.3. The van der Waals surface area contributed by atoms with Gasteiger partial charge in [-0.3, -0.25) is 4.55 Å². The van der Waals surface area contributed by atoms with Gasteiger partial charge in [0.05, 0.1) is 0 Å². The average Bonchev–Trinajstić information content (AvgIpc) is 2.01. The van der Waals surface area contributed by atoms with Crippen molar-refractivity contribution >= 4 is 20.0 Å². The van der Waals surface area contributed by atoms with Gasteiger partial charge in [-0.25, -0.2) is 8.42 Å². The molecule has 0 fully saturated rings. The van der Waals surface area contributed by atoms with E-state index < -0.39 is 31.0 Å². The summed E-state index contributed by atoms with van der Waals surface area (Å²) in [4.78, 5) is 0. The summed E-state index contributed by atoms with van der Waals surface area (Å²) in [6.07, 6.45) is 0. The van der Waals surface area contributed by atoms with Crippen LogP contribution in [-0.2, 0) is 20.0 Å². The molecule has 0 saturated carbocycles. The van der Waals surface area contributed by atoms with Crippen molar-refractivity contribution in [1.82, 2.24) is 0 Å². The molecule has 0 bridgehead atoms. The lowest BCUT2D eigenvalue weighted by atomic mass is 10.5. The molecular weight excluding hydrogens is 228 g/mol. The molecule has 0 heterocycles. The topological polar surface area (TPSA) is 88.5 Å². The largest absolute Gasteiger partial charge is 0.285 e. The van der Waals surface area contributed by atoms with Crippen molar-refractivity contribution in [1.29, 1.82) is 0 Å². The van der Waals surface area contributed by atoms with Gasteiger partial charge in [0.25, 0.3) is 10.1 Å². The molecule has 0 aromatic heterocycles. The summed E-state index contributed by atoms with van der Waals surface area (Å²) in [6.45, 7) is 2.80. The highest BCUT2D eigenvalue weighted by atomic mass is 32.2. The molecule has 82 valence electrons. The van der Waals surface area contributed by atoms with E-state index in [1.807, 2.05) is 0 Å². The Morgan fingerprint density at radius 2 is 1.79 bits per heavy atom. The zero-order valence-corrected chi connectivity index (χ0v) is 9.52. The van der Waals surface area contributed by atoms with Crippen LogP contribution in [0, 0.1) is 11.8 Å². The van der Waals surface area contributed by atoms with Crippen LogP contribution in [0.2, 0.25) is 0 Å². The third-order valence-corrected chi connectivity index (χ3v) is 4.42. The van der Waals surface area contributed by atoms with Crippen LogP contribution in [0.1, 0.15) is 13.8 Å². The number of rotatable bonds is 4. The van der Waals surface area contributed by atoms with E-state index in [0.29, 0.717) is 0 Å². The monoisotopic (exact) mass is 240 g/mol. The van der Waals surface area contributed by atoms with Gasteiger partial charge >= 0.3 is 0 Å². The lowest BCUT2D eigenvalue weighted by Gasteiger charge is -2.07. The molecule has 7 heteroatoms. The lowest BCUT2D eigenvalue weighted by molar-refractivity contribution is 0.482. The first-order valence-electron chi connectivity index (χ1n) is 3.82. The summed E-state index contributed by atoms with van der Waals surface area (Å²) in [6, 6.07) is 0. The first kappa shape index (κ1) is 13.4. The molecule has 1 unspecified atom stereocenters. The second-order valence-electron chi connectivity index (χ2n) is 2.58. The molecule has 14 heavy (non-hydrogen) atoms. The van der Waals surface area contributed by atoms with Crippen LogP contribution in [0.25, 0.3) is 0 Å². The normalized spacial score (nSPS) is 14.2. The van der Waals surface area contributed by atoms with Crippen LogP contribution in [-0.4, -0.2) is 38.1 Å². The smallest absolute Gasteiger partial charge is 0.267 e. The van der Waals surface area contributed by atoms with Crippen molar-refractivity contribution < 1.29 is 21.4 Å². The van der Waals surface area contributed by atoms with Gasteiger partial charge in [-0.2, -0.15) is 8.42 Å². The lowest BCUT2D eigenvalue weighted by Crippen LogP contribution is -2.29. The standard InChI is InChI=1S/C7H12O5S2/c1-3-5-7(6-14(10,11)12)13(8,9)4-2/h7H,4,6H2,1-2H3,(H,10,11,12). The summed E-state index contributed by atoms with van der Waals surface area (Å²) in [5, 5.41) is -1.34. The fourth-order valence-electron chi connectivity index (χ4n) is 0.789. The van der Waals surface area contributed by atoms with E-state index in [1.54, 1.807) is 0 Å². The Hall–Kier alpha value is -0.580. The maximum absolute atomic E-state index is 11.3. The fraction of sp³-hybridized carbons (Fsp3) is 0.714. The molecule has 0 rings (SSSR count). The quantitative estimate of drug-likeness (QED) is 0.538. The van der Waals surface area contributed by atoms with E-state index in [4.69, 9.17) is 4.55 Å². The fourth-order valence-corrected chi connectivity index (χ4v) is 3.30. The highest BCUT2D eigenvalue weighted by Gasteiger charge is 2.26. The average molecular weight is 240 g/mol. The van der Waals surface area contributed by atoms with Gasteiger partial charge in [0.2, 0.25) is 0 Å². The highest BCUT2D eigenvalue weighted by Crippen LogP contribution is 2.04. The highest BCUT2D eigenvalue weighted by molar-refractivity contribution is 7.94. The Labute approximate surface area is 84.2 Å². The molecule has 0 amide bonds. The zero-order chi connectivity index (χ0) is 11.4. The van der Waals surface area contributed by atoms with Crippen molar-refractivity contribution in [3.63, 3.8) is 0 Å². The Morgan fingerprint density at radius 3 is 2.07 bits per heavy atom. The van der Waals surface area contributed by atoms with Crippen LogP contribution >= 0.6 is 0 Å². The van der Waals surface area contributed by atoms with E-state index in [0.717, 1.165) is 0 Å². The third kappa shape index (κ3) is 4.60. The first-order chi connectivity index (χ1) is 6.23. The van der Waals surface area contributed by atoms with E-state index in [2.05, 4.69) is 11.8 Å².